The Kier molecular flexibility index (Phi) is 2.56. The quantitative estimate of drug-likeness (QED) is 0.845. The highest BCUT2D eigenvalue weighted by Gasteiger charge is 2.40. The molecule has 1 aromatic rings. The molecule has 2 fully saturated rings. The topological polar surface area (TPSA) is 34.1 Å². The zero-order valence-corrected chi connectivity index (χ0v) is 9.65. The molecule has 2 aliphatic rings. The maximum Gasteiger partial charge on any atom is 0.126 e. The molecule has 1 saturated heterocycles. The van der Waals surface area contributed by atoms with Gasteiger partial charge in [-0.05, 0) is 44.2 Å². The largest absolute Gasteiger partial charge is 0.376 e. The van der Waals surface area contributed by atoms with Crippen molar-refractivity contribution < 1.29 is 4.74 Å². The van der Waals surface area contributed by atoms with Gasteiger partial charge in [0.25, 0.3) is 0 Å². The first kappa shape index (κ1) is 10.1. The number of aryl methyl sites for hydroxylation is 1. The molecule has 2 heterocycles. The number of anilines is 1. The van der Waals surface area contributed by atoms with Crippen molar-refractivity contribution in [1.29, 1.82) is 0 Å². The van der Waals surface area contributed by atoms with E-state index in [1.54, 1.807) is 0 Å². The Labute approximate surface area is 96.2 Å². The smallest absolute Gasteiger partial charge is 0.126 e. The van der Waals surface area contributed by atoms with Crippen LogP contribution in [0.3, 0.4) is 0 Å². The van der Waals surface area contributed by atoms with E-state index in [1.807, 2.05) is 25.1 Å². The molecule has 0 radical (unpaired) electrons. The molecule has 0 amide bonds. The predicted molar refractivity (Wildman–Crippen MR) is 63.5 cm³/mol. The first-order valence-electron chi connectivity index (χ1n) is 6.15. The minimum atomic E-state index is 0.419. The van der Waals surface area contributed by atoms with Crippen LogP contribution in [-0.4, -0.2) is 23.7 Å². The molecule has 86 valence electrons. The maximum atomic E-state index is 5.80. The van der Waals surface area contributed by atoms with Crippen LogP contribution in [0.2, 0.25) is 0 Å². The molecule has 2 unspecified atom stereocenters. The second-order valence-electron chi connectivity index (χ2n) is 4.88. The molecule has 1 aliphatic carbocycles. The molecule has 2 atom stereocenters. The Balaban J connectivity index is 1.69. The second kappa shape index (κ2) is 4.06. The average molecular weight is 218 g/mol. The van der Waals surface area contributed by atoms with Crippen LogP contribution in [0.1, 0.15) is 25.0 Å². The van der Waals surface area contributed by atoms with E-state index >= 15 is 0 Å². The van der Waals surface area contributed by atoms with E-state index in [0.717, 1.165) is 30.5 Å². The molecule has 1 N–H and O–H groups in total. The molecule has 3 rings (SSSR count). The summed E-state index contributed by atoms with van der Waals surface area (Å²) in [6.07, 6.45) is 4.20. The van der Waals surface area contributed by atoms with Gasteiger partial charge in [-0.25, -0.2) is 4.98 Å². The van der Waals surface area contributed by atoms with E-state index in [4.69, 9.17) is 4.74 Å². The summed E-state index contributed by atoms with van der Waals surface area (Å²) < 4.78 is 5.80. The van der Waals surface area contributed by atoms with Crippen LogP contribution in [0.25, 0.3) is 0 Å². The molecular weight excluding hydrogens is 200 g/mol. The van der Waals surface area contributed by atoms with Crippen molar-refractivity contribution >= 4 is 5.82 Å². The monoisotopic (exact) mass is 218 g/mol. The molecule has 0 bridgehead atoms. The van der Waals surface area contributed by atoms with Gasteiger partial charge in [0.2, 0.25) is 0 Å². The Hall–Kier alpha value is -1.09. The van der Waals surface area contributed by atoms with Crippen molar-refractivity contribution in [2.45, 2.75) is 38.3 Å². The normalized spacial score (nSPS) is 29.3. The number of ether oxygens (including phenoxy) is 1. The summed E-state index contributed by atoms with van der Waals surface area (Å²) in [5.41, 5.74) is 1.06. The zero-order valence-electron chi connectivity index (χ0n) is 9.65. The lowest BCUT2D eigenvalue weighted by Crippen LogP contribution is -2.31. The number of rotatable bonds is 3. The lowest BCUT2D eigenvalue weighted by Gasteiger charge is -2.20. The van der Waals surface area contributed by atoms with Crippen molar-refractivity contribution in [2.75, 3.05) is 11.9 Å². The predicted octanol–water partition coefficient (Wildman–Crippen LogP) is 2.37. The average Bonchev–Trinajstić information content (AvgIpc) is 3.00. The molecule has 16 heavy (non-hydrogen) atoms. The Morgan fingerprint density at radius 3 is 2.94 bits per heavy atom. The number of pyridine rings is 1. The number of aromatic nitrogens is 1. The SMILES string of the molecule is Cc1cccc(NC2CCOC2C2CC2)n1. The van der Waals surface area contributed by atoms with E-state index in [1.165, 1.54) is 12.8 Å². The number of nitrogens with one attached hydrogen (secondary N) is 1. The van der Waals surface area contributed by atoms with E-state index < -0.39 is 0 Å². The van der Waals surface area contributed by atoms with Crippen molar-refractivity contribution in [2.24, 2.45) is 5.92 Å². The third-order valence-electron chi connectivity index (χ3n) is 3.44. The van der Waals surface area contributed by atoms with Gasteiger partial charge in [-0.1, -0.05) is 6.07 Å². The van der Waals surface area contributed by atoms with Gasteiger partial charge in [-0.2, -0.15) is 0 Å². The van der Waals surface area contributed by atoms with E-state index in [2.05, 4.69) is 10.3 Å². The Morgan fingerprint density at radius 1 is 1.31 bits per heavy atom. The van der Waals surface area contributed by atoms with Gasteiger partial charge < -0.3 is 10.1 Å². The number of hydrogen-bond acceptors (Lipinski definition) is 3. The molecular formula is C13H18N2O. The summed E-state index contributed by atoms with van der Waals surface area (Å²) >= 11 is 0. The van der Waals surface area contributed by atoms with Crippen LogP contribution in [0.15, 0.2) is 18.2 Å². The van der Waals surface area contributed by atoms with Gasteiger partial charge in [-0.15, -0.1) is 0 Å². The third kappa shape index (κ3) is 2.05. The molecule has 0 spiro atoms. The third-order valence-corrected chi connectivity index (χ3v) is 3.44. The van der Waals surface area contributed by atoms with Gasteiger partial charge in [0.15, 0.2) is 0 Å². The second-order valence-corrected chi connectivity index (χ2v) is 4.88. The lowest BCUT2D eigenvalue weighted by molar-refractivity contribution is 0.0898. The van der Waals surface area contributed by atoms with Crippen LogP contribution in [0, 0.1) is 12.8 Å². The van der Waals surface area contributed by atoms with E-state index in [0.29, 0.717) is 12.1 Å². The van der Waals surface area contributed by atoms with E-state index in [9.17, 15) is 0 Å². The fourth-order valence-corrected chi connectivity index (χ4v) is 2.47. The van der Waals surface area contributed by atoms with Gasteiger partial charge in [-0.3, -0.25) is 0 Å². The van der Waals surface area contributed by atoms with E-state index in [-0.39, 0.29) is 0 Å². The first-order chi connectivity index (χ1) is 7.83. The van der Waals surface area contributed by atoms with Crippen molar-refractivity contribution in [3.8, 4) is 0 Å². The summed E-state index contributed by atoms with van der Waals surface area (Å²) in [5.74, 6) is 1.78. The molecule has 0 aromatic carbocycles. The summed E-state index contributed by atoms with van der Waals surface area (Å²) in [7, 11) is 0. The maximum absolute atomic E-state index is 5.80. The highest BCUT2D eigenvalue weighted by molar-refractivity contribution is 5.37. The fourth-order valence-electron chi connectivity index (χ4n) is 2.47. The van der Waals surface area contributed by atoms with Crippen LogP contribution in [0.4, 0.5) is 5.82 Å². The van der Waals surface area contributed by atoms with Crippen LogP contribution in [-0.2, 0) is 4.74 Å². The number of hydrogen-bond donors (Lipinski definition) is 1. The van der Waals surface area contributed by atoms with Crippen molar-refractivity contribution in [1.82, 2.24) is 4.98 Å². The summed E-state index contributed by atoms with van der Waals surface area (Å²) in [6.45, 7) is 2.92. The van der Waals surface area contributed by atoms with Crippen LogP contribution in [0.5, 0.6) is 0 Å². The summed E-state index contributed by atoms with van der Waals surface area (Å²) in [5, 5.41) is 3.52. The molecule has 3 heteroatoms. The molecule has 1 aliphatic heterocycles. The minimum Gasteiger partial charge on any atom is -0.376 e. The lowest BCUT2D eigenvalue weighted by atomic mass is 10.1. The first-order valence-corrected chi connectivity index (χ1v) is 6.15. The summed E-state index contributed by atoms with van der Waals surface area (Å²) in [6, 6.07) is 6.57. The van der Waals surface area contributed by atoms with Crippen LogP contribution < -0.4 is 5.32 Å². The Morgan fingerprint density at radius 2 is 2.19 bits per heavy atom. The summed E-state index contributed by atoms with van der Waals surface area (Å²) in [4.78, 5) is 4.48. The van der Waals surface area contributed by atoms with Gasteiger partial charge in [0, 0.05) is 12.3 Å². The zero-order chi connectivity index (χ0) is 11.0. The number of nitrogens with zero attached hydrogens (tertiary/aromatic N) is 1. The van der Waals surface area contributed by atoms with Gasteiger partial charge in [0.05, 0.1) is 12.1 Å². The Bertz CT molecular complexity index is 376. The highest BCUT2D eigenvalue weighted by atomic mass is 16.5. The van der Waals surface area contributed by atoms with Crippen molar-refractivity contribution in [3.05, 3.63) is 23.9 Å². The molecule has 1 saturated carbocycles. The highest BCUT2D eigenvalue weighted by Crippen LogP contribution is 2.39. The minimum absolute atomic E-state index is 0.419. The fraction of sp³-hybridized carbons (Fsp3) is 0.615. The standard InChI is InChI=1S/C13H18N2O/c1-9-3-2-4-12(14-9)15-11-7-8-16-13(11)10-5-6-10/h2-4,10-11,13H,5-8H2,1H3,(H,14,15). The van der Waals surface area contributed by atoms with Gasteiger partial charge in [0.1, 0.15) is 5.82 Å². The molecule has 1 aromatic heterocycles. The van der Waals surface area contributed by atoms with Crippen LogP contribution >= 0.6 is 0 Å². The molecule has 3 nitrogen and oxygen atoms in total. The van der Waals surface area contributed by atoms with Crippen molar-refractivity contribution in [3.63, 3.8) is 0 Å². The van der Waals surface area contributed by atoms with Gasteiger partial charge >= 0.3 is 0 Å².